The summed E-state index contributed by atoms with van der Waals surface area (Å²) >= 11 is 0. The normalized spacial score (nSPS) is 14.6. The van der Waals surface area contributed by atoms with Crippen LogP contribution in [0.5, 0.6) is 0 Å². The molecule has 1 aliphatic rings. The van der Waals surface area contributed by atoms with Gasteiger partial charge in [-0.05, 0) is 108 Å². The van der Waals surface area contributed by atoms with Crippen LogP contribution in [-0.4, -0.2) is 0 Å². The molecule has 1 unspecified atom stereocenters. The summed E-state index contributed by atoms with van der Waals surface area (Å²) in [6.07, 6.45) is 8.99. The Kier molecular flexibility index (Phi) is 7.17. The molecule has 0 amide bonds. The van der Waals surface area contributed by atoms with Gasteiger partial charge in [0.05, 0.1) is 0 Å². The van der Waals surface area contributed by atoms with E-state index in [1.165, 1.54) is 72.0 Å². The summed E-state index contributed by atoms with van der Waals surface area (Å²) in [6.45, 7) is 2.30. The lowest BCUT2D eigenvalue weighted by Crippen LogP contribution is -2.19. The van der Waals surface area contributed by atoms with E-state index in [4.69, 9.17) is 6.42 Å². The summed E-state index contributed by atoms with van der Waals surface area (Å²) in [5, 5.41) is 2.49. The standard InChI is InChI=1S/C47H34/c1-3-27-47(2)45-24-13-12-22-42(45)43-26-25-37(32-46(43)47)38-28-33(29-39(31-38)41-23-14-20-34-19-10-11-21-40(34)41)30-44(35-15-6-4-7-16-35)36-17-8-5-9-18-36/h1,4-26,28-32H,27H2,2H3. The van der Waals surface area contributed by atoms with Gasteiger partial charge in [0.2, 0.25) is 0 Å². The Labute approximate surface area is 277 Å². The molecule has 0 spiro atoms. The van der Waals surface area contributed by atoms with Gasteiger partial charge in [0.25, 0.3) is 0 Å². The van der Waals surface area contributed by atoms with Gasteiger partial charge in [-0.25, -0.2) is 0 Å². The molecule has 222 valence electrons. The number of benzene rings is 7. The van der Waals surface area contributed by atoms with Crippen molar-refractivity contribution >= 4 is 22.4 Å². The molecule has 0 fully saturated rings. The topological polar surface area (TPSA) is 0 Å². The van der Waals surface area contributed by atoms with Gasteiger partial charge in [-0.2, -0.15) is 0 Å². The van der Waals surface area contributed by atoms with Gasteiger partial charge in [-0.15, -0.1) is 12.3 Å². The van der Waals surface area contributed by atoms with Crippen LogP contribution >= 0.6 is 0 Å². The molecule has 0 nitrogen and oxygen atoms in total. The third-order valence-corrected chi connectivity index (χ3v) is 9.75. The predicted octanol–water partition coefficient (Wildman–Crippen LogP) is 12.1. The number of rotatable bonds is 6. The van der Waals surface area contributed by atoms with E-state index in [1.807, 2.05) is 0 Å². The van der Waals surface area contributed by atoms with E-state index >= 15 is 0 Å². The van der Waals surface area contributed by atoms with Crippen molar-refractivity contribution in [2.75, 3.05) is 0 Å². The molecule has 0 saturated heterocycles. The molecule has 0 radical (unpaired) electrons. The molecule has 1 atom stereocenters. The molecule has 0 saturated carbocycles. The molecule has 0 bridgehead atoms. The van der Waals surface area contributed by atoms with Crippen molar-refractivity contribution in [2.45, 2.75) is 18.8 Å². The van der Waals surface area contributed by atoms with Crippen LogP contribution in [0.2, 0.25) is 0 Å². The van der Waals surface area contributed by atoms with Crippen LogP contribution in [0.3, 0.4) is 0 Å². The molecule has 0 aromatic heterocycles. The maximum absolute atomic E-state index is 5.99. The van der Waals surface area contributed by atoms with Crippen LogP contribution in [0.15, 0.2) is 164 Å². The monoisotopic (exact) mass is 598 g/mol. The minimum atomic E-state index is -0.236. The van der Waals surface area contributed by atoms with Gasteiger partial charge in [-0.1, -0.05) is 146 Å². The van der Waals surface area contributed by atoms with E-state index in [1.54, 1.807) is 0 Å². The molecule has 0 heteroatoms. The van der Waals surface area contributed by atoms with Crippen LogP contribution in [0.1, 0.15) is 41.2 Å². The third-order valence-electron chi connectivity index (χ3n) is 9.75. The lowest BCUT2D eigenvalue weighted by molar-refractivity contribution is 0.607. The molecule has 0 aliphatic heterocycles. The Morgan fingerprint density at radius 3 is 1.94 bits per heavy atom. The summed E-state index contributed by atoms with van der Waals surface area (Å²) in [6, 6.07) is 59.3. The van der Waals surface area contributed by atoms with Gasteiger partial charge in [0, 0.05) is 11.8 Å². The maximum Gasteiger partial charge on any atom is 0.0296 e. The molecular weight excluding hydrogens is 565 g/mol. The van der Waals surface area contributed by atoms with Crippen LogP contribution in [0.25, 0.3) is 55.8 Å². The molecule has 7 aromatic carbocycles. The van der Waals surface area contributed by atoms with E-state index in [2.05, 4.69) is 183 Å². The highest BCUT2D eigenvalue weighted by atomic mass is 14.4. The highest BCUT2D eigenvalue weighted by molar-refractivity contribution is 5.99. The second-order valence-electron chi connectivity index (χ2n) is 12.7. The Bertz CT molecular complexity index is 2290. The van der Waals surface area contributed by atoms with E-state index in [0.717, 1.165) is 5.56 Å². The summed E-state index contributed by atoms with van der Waals surface area (Å²) < 4.78 is 0. The highest BCUT2D eigenvalue weighted by Crippen LogP contribution is 2.51. The van der Waals surface area contributed by atoms with Crippen molar-refractivity contribution in [3.63, 3.8) is 0 Å². The minimum absolute atomic E-state index is 0.236. The first-order chi connectivity index (χ1) is 23.1. The van der Waals surface area contributed by atoms with Gasteiger partial charge in [-0.3, -0.25) is 0 Å². The Morgan fingerprint density at radius 1 is 0.553 bits per heavy atom. The van der Waals surface area contributed by atoms with Gasteiger partial charge < -0.3 is 0 Å². The van der Waals surface area contributed by atoms with Gasteiger partial charge >= 0.3 is 0 Å². The van der Waals surface area contributed by atoms with Crippen molar-refractivity contribution in [1.29, 1.82) is 0 Å². The lowest BCUT2D eigenvalue weighted by atomic mass is 9.77. The number of fused-ring (bicyclic) bond motifs is 4. The molecular formula is C47H34. The Morgan fingerprint density at radius 2 is 1.17 bits per heavy atom. The second kappa shape index (κ2) is 11.8. The predicted molar refractivity (Wildman–Crippen MR) is 200 cm³/mol. The van der Waals surface area contributed by atoms with Crippen molar-refractivity contribution in [3.05, 3.63) is 192 Å². The fourth-order valence-electron chi connectivity index (χ4n) is 7.42. The minimum Gasteiger partial charge on any atom is -0.120 e. The fraction of sp³-hybridized carbons (Fsp3) is 0.0638. The fourth-order valence-corrected chi connectivity index (χ4v) is 7.42. The molecule has 0 N–H and O–H groups in total. The number of hydrogen-bond acceptors (Lipinski definition) is 0. The summed E-state index contributed by atoms with van der Waals surface area (Å²) in [5.41, 5.74) is 14.5. The van der Waals surface area contributed by atoms with Crippen LogP contribution < -0.4 is 0 Å². The maximum atomic E-state index is 5.99. The lowest BCUT2D eigenvalue weighted by Gasteiger charge is -2.25. The molecule has 47 heavy (non-hydrogen) atoms. The zero-order chi connectivity index (χ0) is 31.8. The number of terminal acetylenes is 1. The molecule has 8 rings (SSSR count). The van der Waals surface area contributed by atoms with Crippen LogP contribution in [0.4, 0.5) is 0 Å². The van der Waals surface area contributed by atoms with E-state index in [9.17, 15) is 0 Å². The third kappa shape index (κ3) is 5.07. The summed E-state index contributed by atoms with van der Waals surface area (Å²) in [5.74, 6) is 2.99. The molecule has 1 aliphatic carbocycles. The van der Waals surface area contributed by atoms with Crippen molar-refractivity contribution in [1.82, 2.24) is 0 Å². The smallest absolute Gasteiger partial charge is 0.0296 e. The van der Waals surface area contributed by atoms with Crippen LogP contribution in [0, 0.1) is 12.3 Å². The van der Waals surface area contributed by atoms with Gasteiger partial charge in [0.1, 0.15) is 0 Å². The van der Waals surface area contributed by atoms with Crippen molar-refractivity contribution in [2.24, 2.45) is 0 Å². The van der Waals surface area contributed by atoms with Crippen LogP contribution in [-0.2, 0) is 5.41 Å². The Hall–Kier alpha value is -5.90. The first-order valence-corrected chi connectivity index (χ1v) is 16.3. The summed E-state index contributed by atoms with van der Waals surface area (Å²) in [7, 11) is 0. The second-order valence-corrected chi connectivity index (χ2v) is 12.7. The zero-order valence-electron chi connectivity index (χ0n) is 26.5. The first kappa shape index (κ1) is 28.6. The van der Waals surface area contributed by atoms with E-state index < -0.39 is 0 Å². The first-order valence-electron chi connectivity index (χ1n) is 16.3. The average Bonchev–Trinajstić information content (AvgIpc) is 3.38. The van der Waals surface area contributed by atoms with E-state index in [-0.39, 0.29) is 5.41 Å². The molecule has 0 heterocycles. The van der Waals surface area contributed by atoms with Gasteiger partial charge in [0.15, 0.2) is 0 Å². The zero-order valence-corrected chi connectivity index (χ0v) is 26.5. The van der Waals surface area contributed by atoms with E-state index in [0.29, 0.717) is 6.42 Å². The highest BCUT2D eigenvalue weighted by Gasteiger charge is 2.38. The van der Waals surface area contributed by atoms with Crippen molar-refractivity contribution in [3.8, 4) is 45.7 Å². The SMILES string of the molecule is C#CCC1(C)c2ccccc2-c2ccc(-c3cc(C=C(c4ccccc4)c4ccccc4)cc(-c4cccc5ccccc45)c3)cc21. The van der Waals surface area contributed by atoms with Crippen molar-refractivity contribution < 1.29 is 0 Å². The largest absolute Gasteiger partial charge is 0.120 e. The molecule has 7 aromatic rings. The Balaban J connectivity index is 1.36. The number of hydrogen-bond donors (Lipinski definition) is 0. The quantitative estimate of drug-likeness (QED) is 0.132. The average molecular weight is 599 g/mol. The summed E-state index contributed by atoms with van der Waals surface area (Å²) in [4.78, 5) is 0.